The summed E-state index contributed by atoms with van der Waals surface area (Å²) < 4.78 is 5.14. The van der Waals surface area contributed by atoms with E-state index in [1.54, 1.807) is 6.07 Å². The number of pyridine rings is 1. The molecule has 0 amide bonds. The number of hydrogen-bond donors (Lipinski definition) is 1. The monoisotopic (exact) mass is 163 g/mol. The van der Waals surface area contributed by atoms with E-state index in [0.717, 1.165) is 0 Å². The van der Waals surface area contributed by atoms with Crippen molar-refractivity contribution in [3.63, 3.8) is 0 Å². The lowest BCUT2D eigenvalue weighted by Crippen LogP contribution is -1.99. The van der Waals surface area contributed by atoms with Crippen LogP contribution < -0.4 is 10.5 Å². The Labute approximate surface area is 70.6 Å². The minimum atomic E-state index is 0.316. The number of hydrogen-bond acceptors (Lipinski definition) is 4. The number of nitriles is 1. The van der Waals surface area contributed by atoms with Gasteiger partial charge in [-0.1, -0.05) is 0 Å². The van der Waals surface area contributed by atoms with E-state index in [1.165, 1.54) is 6.20 Å². The number of nitrogens with zero attached hydrogens (tertiary/aromatic N) is 2. The Morgan fingerprint density at radius 3 is 3.08 bits per heavy atom. The lowest BCUT2D eigenvalue weighted by atomic mass is 10.3. The van der Waals surface area contributed by atoms with E-state index in [2.05, 4.69) is 4.98 Å². The van der Waals surface area contributed by atoms with E-state index >= 15 is 0 Å². The van der Waals surface area contributed by atoms with Gasteiger partial charge in [0.2, 0.25) is 0 Å². The molecule has 62 valence electrons. The van der Waals surface area contributed by atoms with Crippen molar-refractivity contribution in [1.29, 1.82) is 5.26 Å². The predicted molar refractivity (Wildman–Crippen MR) is 44.5 cm³/mol. The van der Waals surface area contributed by atoms with E-state index in [-0.39, 0.29) is 0 Å². The van der Waals surface area contributed by atoms with Crippen molar-refractivity contribution in [2.24, 2.45) is 0 Å². The van der Waals surface area contributed by atoms with Crippen molar-refractivity contribution in [3.8, 4) is 11.8 Å². The molecule has 1 aromatic heterocycles. The van der Waals surface area contributed by atoms with Crippen molar-refractivity contribution in [3.05, 3.63) is 17.8 Å². The minimum absolute atomic E-state index is 0.316. The molecular formula is C8H9N3O. The first-order valence-corrected chi connectivity index (χ1v) is 3.56. The summed E-state index contributed by atoms with van der Waals surface area (Å²) in [4.78, 5) is 3.80. The first kappa shape index (κ1) is 8.34. The first-order valence-electron chi connectivity index (χ1n) is 3.56. The van der Waals surface area contributed by atoms with E-state index < -0.39 is 0 Å². The van der Waals surface area contributed by atoms with E-state index in [4.69, 9.17) is 15.7 Å². The van der Waals surface area contributed by atoms with Crippen LogP contribution >= 0.6 is 0 Å². The fraction of sp³-hybridized carbons (Fsp3) is 0.250. The third kappa shape index (κ3) is 1.64. The summed E-state index contributed by atoms with van der Waals surface area (Å²) in [5.74, 6) is 0.785. The van der Waals surface area contributed by atoms with Crippen LogP contribution in [0.3, 0.4) is 0 Å². The van der Waals surface area contributed by atoms with Gasteiger partial charge in [-0.2, -0.15) is 5.26 Å². The second-order valence-corrected chi connectivity index (χ2v) is 2.15. The summed E-state index contributed by atoms with van der Waals surface area (Å²) in [6.45, 7) is 2.36. The molecule has 0 saturated carbocycles. The van der Waals surface area contributed by atoms with Gasteiger partial charge in [-0.05, 0) is 6.92 Å². The highest BCUT2D eigenvalue weighted by Crippen LogP contribution is 2.18. The Bertz CT molecular complexity index is 317. The second kappa shape index (κ2) is 3.58. The molecule has 0 aliphatic rings. The van der Waals surface area contributed by atoms with Crippen LogP contribution in [-0.4, -0.2) is 11.6 Å². The number of ether oxygens (including phenoxy) is 1. The van der Waals surface area contributed by atoms with Gasteiger partial charge in [-0.3, -0.25) is 0 Å². The maximum Gasteiger partial charge on any atom is 0.166 e. The average molecular weight is 163 g/mol. The van der Waals surface area contributed by atoms with Gasteiger partial charge >= 0.3 is 0 Å². The topological polar surface area (TPSA) is 71.9 Å². The molecule has 1 rings (SSSR count). The normalized spacial score (nSPS) is 9.00. The second-order valence-electron chi connectivity index (χ2n) is 2.15. The van der Waals surface area contributed by atoms with E-state index in [1.807, 2.05) is 13.0 Å². The summed E-state index contributed by atoms with van der Waals surface area (Å²) in [6, 6.07) is 3.53. The summed E-state index contributed by atoms with van der Waals surface area (Å²) in [5, 5.41) is 8.53. The molecule has 1 aromatic rings. The molecule has 0 aliphatic carbocycles. The molecule has 4 nitrogen and oxygen atoms in total. The maximum atomic E-state index is 8.53. The highest BCUT2D eigenvalue weighted by atomic mass is 16.5. The molecule has 0 aliphatic heterocycles. The third-order valence-electron chi connectivity index (χ3n) is 1.31. The van der Waals surface area contributed by atoms with Crippen molar-refractivity contribution in [2.75, 3.05) is 12.3 Å². The van der Waals surface area contributed by atoms with Gasteiger partial charge in [0.25, 0.3) is 0 Å². The molecule has 0 bridgehead atoms. The Hall–Kier alpha value is -1.76. The maximum absolute atomic E-state index is 8.53. The number of nitrogens with two attached hydrogens (primary N) is 1. The van der Waals surface area contributed by atoms with Gasteiger partial charge in [0.05, 0.1) is 12.2 Å². The highest BCUT2D eigenvalue weighted by Gasteiger charge is 2.01. The van der Waals surface area contributed by atoms with Crippen LogP contribution in [0.4, 0.5) is 5.82 Å². The lowest BCUT2D eigenvalue weighted by molar-refractivity contribution is 0.341. The molecule has 0 saturated heterocycles. The summed E-state index contributed by atoms with van der Waals surface area (Å²) >= 11 is 0. The fourth-order valence-corrected chi connectivity index (χ4v) is 0.787. The van der Waals surface area contributed by atoms with Crippen LogP contribution in [0.2, 0.25) is 0 Å². The highest BCUT2D eigenvalue weighted by molar-refractivity contribution is 5.49. The van der Waals surface area contributed by atoms with Crippen LogP contribution in [-0.2, 0) is 0 Å². The van der Waals surface area contributed by atoms with E-state index in [9.17, 15) is 0 Å². The zero-order valence-corrected chi connectivity index (χ0v) is 6.74. The summed E-state index contributed by atoms with van der Waals surface area (Å²) in [6.07, 6.45) is 1.41. The molecule has 0 spiro atoms. The summed E-state index contributed by atoms with van der Waals surface area (Å²) in [7, 11) is 0. The largest absolute Gasteiger partial charge is 0.490 e. The van der Waals surface area contributed by atoms with Crippen molar-refractivity contribution in [1.82, 2.24) is 4.98 Å². The zero-order valence-electron chi connectivity index (χ0n) is 6.74. The SMILES string of the molecule is CCOc1cc(C#N)cnc1N. The smallest absolute Gasteiger partial charge is 0.166 e. The first-order chi connectivity index (χ1) is 5.77. The Morgan fingerprint density at radius 1 is 1.75 bits per heavy atom. The molecular weight excluding hydrogens is 154 g/mol. The molecule has 0 aromatic carbocycles. The Balaban J connectivity index is 3.01. The number of nitrogen functional groups attached to an aromatic ring is 1. The zero-order chi connectivity index (χ0) is 8.97. The van der Waals surface area contributed by atoms with Gasteiger partial charge < -0.3 is 10.5 Å². The quantitative estimate of drug-likeness (QED) is 0.704. The van der Waals surface area contributed by atoms with Crippen molar-refractivity contribution < 1.29 is 4.74 Å². The fourth-order valence-electron chi connectivity index (χ4n) is 0.787. The van der Waals surface area contributed by atoms with Gasteiger partial charge in [0, 0.05) is 12.3 Å². The Morgan fingerprint density at radius 2 is 2.50 bits per heavy atom. The van der Waals surface area contributed by atoms with Gasteiger partial charge in [-0.15, -0.1) is 0 Å². The van der Waals surface area contributed by atoms with Crippen LogP contribution in [0, 0.1) is 11.3 Å². The number of rotatable bonds is 2. The van der Waals surface area contributed by atoms with Gasteiger partial charge in [0.1, 0.15) is 6.07 Å². The van der Waals surface area contributed by atoms with Crippen LogP contribution in [0.5, 0.6) is 5.75 Å². The van der Waals surface area contributed by atoms with Crippen LogP contribution in [0.25, 0.3) is 0 Å². The molecule has 0 atom stereocenters. The summed E-state index contributed by atoms with van der Waals surface area (Å²) in [5.41, 5.74) is 5.94. The third-order valence-corrected chi connectivity index (χ3v) is 1.31. The molecule has 12 heavy (non-hydrogen) atoms. The predicted octanol–water partition coefficient (Wildman–Crippen LogP) is 0.934. The molecule has 4 heteroatoms. The number of aromatic nitrogens is 1. The number of anilines is 1. The van der Waals surface area contributed by atoms with Gasteiger partial charge in [0.15, 0.2) is 11.6 Å². The average Bonchev–Trinajstić information content (AvgIpc) is 2.09. The molecule has 0 fully saturated rings. The molecule has 0 unspecified atom stereocenters. The lowest BCUT2D eigenvalue weighted by Gasteiger charge is -2.04. The Kier molecular flexibility index (Phi) is 2.49. The van der Waals surface area contributed by atoms with Crippen molar-refractivity contribution in [2.45, 2.75) is 6.92 Å². The van der Waals surface area contributed by atoms with Gasteiger partial charge in [-0.25, -0.2) is 4.98 Å². The minimum Gasteiger partial charge on any atom is -0.490 e. The van der Waals surface area contributed by atoms with Crippen LogP contribution in [0.1, 0.15) is 12.5 Å². The molecule has 0 radical (unpaired) electrons. The standard InChI is InChI=1S/C8H9N3O/c1-2-12-7-3-6(4-9)5-11-8(7)10/h3,5H,2H2,1H3,(H2,10,11). The van der Waals surface area contributed by atoms with Crippen LogP contribution in [0.15, 0.2) is 12.3 Å². The molecule has 1 heterocycles. The van der Waals surface area contributed by atoms with Crippen molar-refractivity contribution >= 4 is 5.82 Å². The van der Waals surface area contributed by atoms with E-state index in [0.29, 0.717) is 23.7 Å². The molecule has 2 N–H and O–H groups in total.